The lowest BCUT2D eigenvalue weighted by Crippen LogP contribution is -2.74. The molecular weight excluding hydrogens is 378 g/mol. The molecule has 0 aromatic rings. The molecule has 1 amide bonds. The van der Waals surface area contributed by atoms with E-state index in [9.17, 15) is 4.79 Å². The van der Waals surface area contributed by atoms with E-state index in [4.69, 9.17) is 24.4 Å². The van der Waals surface area contributed by atoms with Gasteiger partial charge in [-0.3, -0.25) is 4.79 Å². The molecule has 2 aliphatic heterocycles. The van der Waals surface area contributed by atoms with Crippen LogP contribution in [0.1, 0.15) is 46.5 Å². The molecule has 2 saturated heterocycles. The van der Waals surface area contributed by atoms with Gasteiger partial charge in [0.15, 0.2) is 10.2 Å². The zero-order valence-corrected chi connectivity index (χ0v) is 18.4. The molecule has 2 fully saturated rings. The summed E-state index contributed by atoms with van der Waals surface area (Å²) in [5.74, 6) is -0.0626. The molecule has 2 rings (SSSR count). The number of hydrogen-bond donors (Lipinski definition) is 2. The number of amides is 1. The molecule has 0 spiro atoms. The molecule has 152 valence electrons. The van der Waals surface area contributed by atoms with E-state index in [0.717, 1.165) is 37.7 Å². The van der Waals surface area contributed by atoms with Crippen LogP contribution in [0.3, 0.4) is 0 Å². The fourth-order valence-electron chi connectivity index (χ4n) is 3.84. The Hall–Kier alpha value is -1.25. The lowest BCUT2D eigenvalue weighted by Gasteiger charge is -2.55. The van der Waals surface area contributed by atoms with Crippen molar-refractivity contribution in [2.75, 3.05) is 32.7 Å². The second-order valence-electron chi connectivity index (χ2n) is 7.44. The molecule has 2 unspecified atom stereocenters. The van der Waals surface area contributed by atoms with Gasteiger partial charge in [0, 0.05) is 32.2 Å². The predicted octanol–water partition coefficient (Wildman–Crippen LogP) is 2.07. The van der Waals surface area contributed by atoms with E-state index in [2.05, 4.69) is 47.8 Å². The molecule has 0 radical (unpaired) electrons. The Balaban J connectivity index is 2.22. The van der Waals surface area contributed by atoms with E-state index < -0.39 is 5.66 Å². The number of hydrogen-bond acceptors (Lipinski definition) is 4. The Bertz CT molecular complexity index is 584. The average molecular weight is 412 g/mol. The van der Waals surface area contributed by atoms with Crippen LogP contribution >= 0.6 is 24.4 Å². The summed E-state index contributed by atoms with van der Waals surface area (Å²) >= 11 is 11.4. The Morgan fingerprint density at radius 1 is 1.44 bits per heavy atom. The number of carbonyl (C=O) groups is 1. The summed E-state index contributed by atoms with van der Waals surface area (Å²) in [6, 6.07) is 0.0977. The molecule has 2 atom stereocenters. The van der Waals surface area contributed by atoms with E-state index in [0.29, 0.717) is 5.11 Å². The number of nitrogens with one attached hydrogen (secondary N) is 2. The van der Waals surface area contributed by atoms with Crippen molar-refractivity contribution in [1.29, 1.82) is 0 Å². The van der Waals surface area contributed by atoms with Crippen LogP contribution in [0.25, 0.3) is 0 Å². The van der Waals surface area contributed by atoms with Crippen molar-refractivity contribution in [3.8, 4) is 0 Å². The molecule has 2 N–H and O–H groups in total. The summed E-state index contributed by atoms with van der Waals surface area (Å²) < 4.78 is 0. The van der Waals surface area contributed by atoms with Gasteiger partial charge in [-0.05, 0) is 44.7 Å². The molecule has 0 bridgehead atoms. The van der Waals surface area contributed by atoms with E-state index in [1.807, 2.05) is 11.0 Å². The van der Waals surface area contributed by atoms with Gasteiger partial charge in [0.1, 0.15) is 12.2 Å². The van der Waals surface area contributed by atoms with Crippen molar-refractivity contribution in [3.63, 3.8) is 0 Å². The topological polar surface area (TPSA) is 50.9 Å². The summed E-state index contributed by atoms with van der Waals surface area (Å²) in [6.45, 7) is 13.9. The van der Waals surface area contributed by atoms with E-state index in [1.54, 1.807) is 0 Å². The Morgan fingerprint density at radius 2 is 2.19 bits per heavy atom. The van der Waals surface area contributed by atoms with Crippen molar-refractivity contribution < 1.29 is 4.79 Å². The smallest absolute Gasteiger partial charge is 0.245 e. The second-order valence-corrected chi connectivity index (χ2v) is 8.19. The first kappa shape index (κ1) is 22.0. The summed E-state index contributed by atoms with van der Waals surface area (Å²) in [6.07, 6.45) is 6.68. The molecule has 2 aliphatic rings. The number of unbranched alkanes of at least 4 members (excludes halogenated alkanes) is 3. The number of thiocarbonyl (C=S) groups is 2. The quantitative estimate of drug-likeness (QED) is 0.360. The highest BCUT2D eigenvalue weighted by Crippen LogP contribution is 2.30. The third kappa shape index (κ3) is 4.78. The van der Waals surface area contributed by atoms with Crippen LogP contribution in [0.2, 0.25) is 0 Å². The van der Waals surface area contributed by atoms with E-state index in [-0.39, 0.29) is 18.5 Å². The van der Waals surface area contributed by atoms with E-state index >= 15 is 0 Å². The zero-order chi connectivity index (χ0) is 20.0. The molecule has 6 nitrogen and oxygen atoms in total. The lowest BCUT2D eigenvalue weighted by molar-refractivity contribution is -0.120. The van der Waals surface area contributed by atoms with Gasteiger partial charge in [0.25, 0.3) is 0 Å². The third-order valence-corrected chi connectivity index (χ3v) is 6.43. The Labute approximate surface area is 174 Å². The van der Waals surface area contributed by atoms with Crippen LogP contribution in [0.5, 0.6) is 0 Å². The minimum Gasteiger partial charge on any atom is -0.345 e. The van der Waals surface area contributed by atoms with Crippen molar-refractivity contribution in [1.82, 2.24) is 25.3 Å². The van der Waals surface area contributed by atoms with Gasteiger partial charge >= 0.3 is 0 Å². The van der Waals surface area contributed by atoms with Crippen LogP contribution in [0, 0.1) is 0 Å². The summed E-state index contributed by atoms with van der Waals surface area (Å²) in [5, 5.41) is 7.57. The Morgan fingerprint density at radius 3 is 2.78 bits per heavy atom. The average Bonchev–Trinajstić information content (AvgIpc) is 2.98. The van der Waals surface area contributed by atoms with Gasteiger partial charge in [-0.15, -0.1) is 6.58 Å². The highest BCUT2D eigenvalue weighted by Gasteiger charge is 2.50. The van der Waals surface area contributed by atoms with Gasteiger partial charge in [-0.2, -0.15) is 0 Å². The van der Waals surface area contributed by atoms with Crippen molar-refractivity contribution in [2.24, 2.45) is 0 Å². The van der Waals surface area contributed by atoms with Crippen molar-refractivity contribution in [2.45, 2.75) is 58.2 Å². The second kappa shape index (κ2) is 9.80. The monoisotopic (exact) mass is 411 g/mol. The molecule has 0 aromatic carbocycles. The van der Waals surface area contributed by atoms with Crippen LogP contribution in [0.15, 0.2) is 12.7 Å². The standard InChI is InChI=1S/C19H33N5OS2/c1-5-7-8-9-12-22(11-6-2)18(27)23-13-10-20-15(3)19(23,4)24-14-16(25)21-17(24)26/h6,15,20H,2,5,7-14H2,1,3-4H3,(H,21,25,26). The van der Waals surface area contributed by atoms with Crippen molar-refractivity contribution >= 4 is 40.6 Å². The van der Waals surface area contributed by atoms with Gasteiger partial charge in [-0.25, -0.2) is 0 Å². The number of nitrogens with zero attached hydrogens (tertiary/aromatic N) is 3. The van der Waals surface area contributed by atoms with Gasteiger partial charge in [0.05, 0.1) is 0 Å². The summed E-state index contributed by atoms with van der Waals surface area (Å²) in [7, 11) is 0. The molecule has 0 saturated carbocycles. The van der Waals surface area contributed by atoms with Crippen LogP contribution < -0.4 is 10.6 Å². The van der Waals surface area contributed by atoms with Gasteiger partial charge in [-0.1, -0.05) is 32.3 Å². The number of carbonyl (C=O) groups excluding carboxylic acids is 1. The molecule has 8 heteroatoms. The first-order valence-corrected chi connectivity index (χ1v) is 10.7. The molecule has 27 heavy (non-hydrogen) atoms. The normalized spacial score (nSPS) is 25.5. The minimum absolute atomic E-state index is 0.0626. The lowest BCUT2D eigenvalue weighted by atomic mass is 9.97. The van der Waals surface area contributed by atoms with Crippen molar-refractivity contribution in [3.05, 3.63) is 12.7 Å². The maximum Gasteiger partial charge on any atom is 0.245 e. The van der Waals surface area contributed by atoms with E-state index in [1.165, 1.54) is 19.3 Å². The van der Waals surface area contributed by atoms with Gasteiger partial charge < -0.3 is 25.3 Å². The highest BCUT2D eigenvalue weighted by molar-refractivity contribution is 7.80. The molecular formula is C19H33N5OS2. The molecule has 0 aromatic heterocycles. The first-order chi connectivity index (χ1) is 12.9. The summed E-state index contributed by atoms with van der Waals surface area (Å²) in [5.41, 5.74) is -0.506. The fraction of sp³-hybridized carbons (Fsp3) is 0.737. The number of rotatable bonds is 8. The van der Waals surface area contributed by atoms with Crippen LogP contribution in [-0.4, -0.2) is 75.3 Å². The maximum atomic E-state index is 11.9. The maximum absolute atomic E-state index is 11.9. The molecule has 0 aliphatic carbocycles. The Kier molecular flexibility index (Phi) is 8.00. The zero-order valence-electron chi connectivity index (χ0n) is 16.8. The predicted molar refractivity (Wildman–Crippen MR) is 119 cm³/mol. The third-order valence-electron chi connectivity index (χ3n) is 5.62. The SMILES string of the molecule is C=CCN(CCCCCC)C(=S)N1CCNC(C)C1(C)N1CC(=O)NC1=S. The first-order valence-electron chi connectivity index (χ1n) is 9.88. The fourth-order valence-corrected chi connectivity index (χ4v) is 4.65. The largest absolute Gasteiger partial charge is 0.345 e. The molecule has 2 heterocycles. The minimum atomic E-state index is -0.506. The van der Waals surface area contributed by atoms with Crippen LogP contribution in [-0.2, 0) is 4.79 Å². The summed E-state index contributed by atoms with van der Waals surface area (Å²) in [4.78, 5) is 18.4. The van der Waals surface area contributed by atoms with Gasteiger partial charge in [0.2, 0.25) is 5.91 Å². The number of piperazine rings is 1. The highest BCUT2D eigenvalue weighted by atomic mass is 32.1. The van der Waals surface area contributed by atoms with Crippen LogP contribution in [0.4, 0.5) is 0 Å².